The summed E-state index contributed by atoms with van der Waals surface area (Å²) >= 11 is 2.08. The van der Waals surface area contributed by atoms with Crippen LogP contribution in [0.2, 0.25) is 0 Å². The summed E-state index contributed by atoms with van der Waals surface area (Å²) in [6, 6.07) is 10.0. The highest BCUT2D eigenvalue weighted by Gasteiger charge is 2.17. The highest BCUT2D eigenvalue weighted by molar-refractivity contribution is 14.1. The van der Waals surface area contributed by atoms with Crippen molar-refractivity contribution in [3.05, 3.63) is 64.3 Å². The average Bonchev–Trinajstić information content (AvgIpc) is 2.97. The molecule has 0 amide bonds. The van der Waals surface area contributed by atoms with Crippen molar-refractivity contribution in [3.63, 3.8) is 0 Å². The quantitative estimate of drug-likeness (QED) is 0.587. The van der Waals surface area contributed by atoms with Gasteiger partial charge in [0, 0.05) is 0 Å². The van der Waals surface area contributed by atoms with Crippen LogP contribution in [0.15, 0.2) is 53.0 Å². The number of hydrogen-bond acceptors (Lipinski definition) is 3. The van der Waals surface area contributed by atoms with Gasteiger partial charge in [0.1, 0.15) is 12.3 Å². The summed E-state index contributed by atoms with van der Waals surface area (Å²) in [7, 11) is 0. The number of halogens is 1. The van der Waals surface area contributed by atoms with Crippen LogP contribution in [0.3, 0.4) is 0 Å². The summed E-state index contributed by atoms with van der Waals surface area (Å²) in [5, 5.41) is 0. The fraction of sp³-hybridized carbons (Fsp3) is 0.200. The second kappa shape index (κ2) is 7.23. The van der Waals surface area contributed by atoms with E-state index < -0.39 is 0 Å². The molecule has 0 aliphatic heterocycles. The lowest BCUT2D eigenvalue weighted by Gasteiger charge is -2.16. The Hall–Kier alpha value is -1.63. The molecule has 1 unspecified atom stereocenters. The molecule has 1 heterocycles. The molecule has 0 fully saturated rings. The summed E-state index contributed by atoms with van der Waals surface area (Å²) in [5.41, 5.74) is 1.58. The average molecular weight is 382 g/mol. The van der Waals surface area contributed by atoms with Crippen molar-refractivity contribution in [2.24, 2.45) is 0 Å². The number of aromatic nitrogens is 2. The third kappa shape index (κ3) is 3.47. The van der Waals surface area contributed by atoms with Crippen LogP contribution in [0, 0.1) is 0 Å². The van der Waals surface area contributed by atoms with Crippen molar-refractivity contribution >= 4 is 28.6 Å². The van der Waals surface area contributed by atoms with E-state index in [2.05, 4.69) is 27.6 Å². The lowest BCUT2D eigenvalue weighted by atomic mass is 10.1. The molecule has 1 aromatic heterocycles. The van der Waals surface area contributed by atoms with Crippen LogP contribution < -0.4 is 0 Å². The standard InChI is InChI=1S/C15H15IN2O2/c1-12(13-6-3-2-4-7-13)18-11-17-10-14(18)15(19)20-9-5-8-16/h2-8,10-12H,9H2,1H3/b8-5+. The van der Waals surface area contributed by atoms with Crippen LogP contribution in [0.25, 0.3) is 0 Å². The van der Waals surface area contributed by atoms with E-state index in [1.165, 1.54) is 6.20 Å². The number of rotatable bonds is 5. The molecule has 0 aliphatic carbocycles. The first kappa shape index (κ1) is 14.8. The maximum absolute atomic E-state index is 12.0. The predicted molar refractivity (Wildman–Crippen MR) is 85.9 cm³/mol. The molecule has 0 spiro atoms. The van der Waals surface area contributed by atoms with E-state index in [1.807, 2.05) is 45.9 Å². The molecule has 5 heteroatoms. The van der Waals surface area contributed by atoms with Crippen LogP contribution in [-0.2, 0) is 4.74 Å². The number of ether oxygens (including phenoxy) is 1. The van der Waals surface area contributed by atoms with Crippen LogP contribution in [-0.4, -0.2) is 22.1 Å². The van der Waals surface area contributed by atoms with Gasteiger partial charge in [-0.05, 0) is 22.6 Å². The molecule has 20 heavy (non-hydrogen) atoms. The molecule has 1 atom stereocenters. The van der Waals surface area contributed by atoms with Gasteiger partial charge in [-0.1, -0.05) is 52.9 Å². The number of nitrogens with zero attached hydrogens (tertiary/aromatic N) is 2. The van der Waals surface area contributed by atoms with Crippen molar-refractivity contribution in [1.82, 2.24) is 9.55 Å². The maximum atomic E-state index is 12.0. The van der Waals surface area contributed by atoms with Crippen molar-refractivity contribution in [1.29, 1.82) is 0 Å². The van der Waals surface area contributed by atoms with Crippen molar-refractivity contribution < 1.29 is 9.53 Å². The second-order valence-electron chi connectivity index (χ2n) is 4.23. The fourth-order valence-corrected chi connectivity index (χ4v) is 2.11. The van der Waals surface area contributed by atoms with E-state index in [1.54, 1.807) is 12.4 Å². The SMILES string of the molecule is CC(c1ccccc1)n1cncc1C(=O)OC/C=C/I. The number of carbonyl (C=O) groups is 1. The molecule has 0 aliphatic rings. The summed E-state index contributed by atoms with van der Waals surface area (Å²) in [6.45, 7) is 2.30. The monoisotopic (exact) mass is 382 g/mol. The van der Waals surface area contributed by atoms with Gasteiger partial charge < -0.3 is 9.30 Å². The van der Waals surface area contributed by atoms with Gasteiger partial charge in [-0.2, -0.15) is 0 Å². The molecular formula is C15H15IN2O2. The van der Waals surface area contributed by atoms with Crippen molar-refractivity contribution in [2.75, 3.05) is 6.61 Å². The predicted octanol–water partition coefficient (Wildman–Crippen LogP) is 3.60. The van der Waals surface area contributed by atoms with Gasteiger partial charge in [-0.25, -0.2) is 9.78 Å². The zero-order chi connectivity index (χ0) is 14.4. The molecule has 104 valence electrons. The van der Waals surface area contributed by atoms with Crippen molar-refractivity contribution in [2.45, 2.75) is 13.0 Å². The van der Waals surface area contributed by atoms with Gasteiger partial charge in [-0.15, -0.1) is 0 Å². The first-order chi connectivity index (χ1) is 9.74. The molecular weight excluding hydrogens is 367 g/mol. The minimum atomic E-state index is -0.361. The molecule has 0 N–H and O–H groups in total. The minimum absolute atomic E-state index is 0.0290. The van der Waals surface area contributed by atoms with E-state index >= 15 is 0 Å². The topological polar surface area (TPSA) is 44.1 Å². The zero-order valence-electron chi connectivity index (χ0n) is 11.1. The number of carbonyl (C=O) groups excluding carboxylic acids is 1. The molecule has 1 aromatic carbocycles. The van der Waals surface area contributed by atoms with E-state index in [0.29, 0.717) is 5.69 Å². The summed E-state index contributed by atoms with van der Waals surface area (Å²) in [4.78, 5) is 16.1. The highest BCUT2D eigenvalue weighted by Crippen LogP contribution is 2.19. The Morgan fingerprint density at radius 3 is 2.90 bits per heavy atom. The number of benzene rings is 1. The Balaban J connectivity index is 2.18. The Morgan fingerprint density at radius 2 is 2.20 bits per heavy atom. The number of hydrogen-bond donors (Lipinski definition) is 0. The smallest absolute Gasteiger partial charge is 0.356 e. The fourth-order valence-electron chi connectivity index (χ4n) is 1.90. The molecule has 2 rings (SSSR count). The van der Waals surface area contributed by atoms with E-state index in [4.69, 9.17) is 4.74 Å². The Morgan fingerprint density at radius 1 is 1.45 bits per heavy atom. The van der Waals surface area contributed by atoms with Crippen LogP contribution in [0.4, 0.5) is 0 Å². The summed E-state index contributed by atoms with van der Waals surface area (Å²) < 4.78 is 8.80. The largest absolute Gasteiger partial charge is 0.457 e. The Labute approximate surface area is 131 Å². The van der Waals surface area contributed by atoms with Gasteiger partial charge in [0.15, 0.2) is 0 Å². The highest BCUT2D eigenvalue weighted by atomic mass is 127. The first-order valence-corrected chi connectivity index (χ1v) is 7.47. The van der Waals surface area contributed by atoms with Crippen LogP contribution in [0.5, 0.6) is 0 Å². The molecule has 4 nitrogen and oxygen atoms in total. The molecule has 0 radical (unpaired) electrons. The van der Waals surface area contributed by atoms with E-state index in [0.717, 1.165) is 5.56 Å². The molecule has 0 saturated heterocycles. The molecule has 0 bridgehead atoms. The molecule has 0 saturated carbocycles. The summed E-state index contributed by atoms with van der Waals surface area (Å²) in [6.07, 6.45) is 4.97. The number of imidazole rings is 1. The van der Waals surface area contributed by atoms with Crippen LogP contribution in [0.1, 0.15) is 29.0 Å². The first-order valence-electron chi connectivity index (χ1n) is 6.23. The Bertz CT molecular complexity index is 593. The Kier molecular flexibility index (Phi) is 5.34. The minimum Gasteiger partial charge on any atom is -0.457 e. The van der Waals surface area contributed by atoms with Gasteiger partial charge in [0.25, 0.3) is 0 Å². The lowest BCUT2D eigenvalue weighted by molar-refractivity contribution is 0.0536. The summed E-state index contributed by atoms with van der Waals surface area (Å²) in [5.74, 6) is -0.361. The van der Waals surface area contributed by atoms with E-state index in [9.17, 15) is 4.79 Å². The van der Waals surface area contributed by atoms with E-state index in [-0.39, 0.29) is 18.6 Å². The number of esters is 1. The molecule has 2 aromatic rings. The zero-order valence-corrected chi connectivity index (χ0v) is 13.2. The maximum Gasteiger partial charge on any atom is 0.356 e. The van der Waals surface area contributed by atoms with Crippen LogP contribution >= 0.6 is 22.6 Å². The second-order valence-corrected chi connectivity index (χ2v) is 4.95. The van der Waals surface area contributed by atoms with Crippen molar-refractivity contribution in [3.8, 4) is 0 Å². The van der Waals surface area contributed by atoms with Gasteiger partial charge in [0.05, 0.1) is 18.6 Å². The van der Waals surface area contributed by atoms with Gasteiger partial charge in [0.2, 0.25) is 0 Å². The normalized spacial score (nSPS) is 12.5. The van der Waals surface area contributed by atoms with Gasteiger partial charge in [-0.3, -0.25) is 0 Å². The van der Waals surface area contributed by atoms with Gasteiger partial charge >= 0.3 is 5.97 Å². The third-order valence-electron chi connectivity index (χ3n) is 2.97. The lowest BCUT2D eigenvalue weighted by Crippen LogP contribution is -2.15. The third-order valence-corrected chi connectivity index (χ3v) is 3.48.